The van der Waals surface area contributed by atoms with Gasteiger partial charge in [0.25, 0.3) is 0 Å². The van der Waals surface area contributed by atoms with Gasteiger partial charge in [0.2, 0.25) is 0 Å². The Kier molecular flexibility index (Phi) is 7.69. The van der Waals surface area contributed by atoms with Crippen molar-refractivity contribution in [2.24, 2.45) is 0 Å². The van der Waals surface area contributed by atoms with E-state index in [-0.39, 0.29) is 0 Å². The Bertz CT molecular complexity index is 760. The first kappa shape index (κ1) is 20.6. The predicted molar refractivity (Wildman–Crippen MR) is 115 cm³/mol. The van der Waals surface area contributed by atoms with E-state index >= 15 is 0 Å². The van der Waals surface area contributed by atoms with Crippen molar-refractivity contribution in [3.05, 3.63) is 41.5 Å². The number of nitrogen functional groups attached to an aromatic ring is 1. The normalized spacial score (nSPS) is 13.5. The number of aromatic nitrogens is 1. The Balaban J connectivity index is 1.62. The number of anilines is 1. The predicted octanol–water partition coefficient (Wildman–Crippen LogP) is 3.95. The maximum Gasteiger partial charge on any atom is 0.124 e. The van der Waals surface area contributed by atoms with Crippen LogP contribution in [0.25, 0.3) is 11.3 Å². The molecule has 2 N–H and O–H groups in total. The molecule has 0 saturated heterocycles. The van der Waals surface area contributed by atoms with Gasteiger partial charge >= 0.3 is 0 Å². The highest BCUT2D eigenvalue weighted by molar-refractivity contribution is 5.69. The molecule has 5 heteroatoms. The highest BCUT2D eigenvalue weighted by Gasteiger charge is 2.19. The van der Waals surface area contributed by atoms with E-state index in [1.165, 1.54) is 29.5 Å². The summed E-state index contributed by atoms with van der Waals surface area (Å²) >= 11 is 0. The first-order chi connectivity index (χ1) is 13.7. The number of fused-ring (bicyclic) bond motifs is 1. The van der Waals surface area contributed by atoms with Crippen molar-refractivity contribution in [2.45, 2.75) is 39.5 Å². The lowest BCUT2D eigenvalue weighted by Crippen LogP contribution is -2.27. The van der Waals surface area contributed by atoms with Crippen LogP contribution in [-0.2, 0) is 17.6 Å². The molecular weight excluding hydrogens is 350 g/mol. The molecule has 3 rings (SSSR count). The Morgan fingerprint density at radius 1 is 0.964 bits per heavy atom. The number of ether oxygens (including phenoxy) is 2. The molecule has 1 aliphatic rings. The lowest BCUT2D eigenvalue weighted by atomic mass is 9.86. The van der Waals surface area contributed by atoms with Gasteiger partial charge in [-0.15, -0.1) is 0 Å². The van der Waals surface area contributed by atoms with Crippen LogP contribution < -0.4 is 10.5 Å². The quantitative estimate of drug-likeness (QED) is 0.630. The molecule has 1 aromatic heterocycles. The number of rotatable bonds is 10. The first-order valence-corrected chi connectivity index (χ1v) is 10.5. The van der Waals surface area contributed by atoms with Crippen LogP contribution in [0, 0.1) is 0 Å². The lowest BCUT2D eigenvalue weighted by Gasteiger charge is -2.23. The molecule has 5 nitrogen and oxygen atoms in total. The van der Waals surface area contributed by atoms with Gasteiger partial charge in [-0.2, -0.15) is 0 Å². The van der Waals surface area contributed by atoms with Crippen LogP contribution in [0.4, 0.5) is 5.82 Å². The maximum absolute atomic E-state index is 6.10. The van der Waals surface area contributed by atoms with Crippen molar-refractivity contribution in [1.29, 1.82) is 0 Å². The van der Waals surface area contributed by atoms with Gasteiger partial charge in [-0.1, -0.05) is 19.9 Å². The van der Waals surface area contributed by atoms with E-state index in [1.54, 1.807) is 0 Å². The molecule has 2 aromatic rings. The highest BCUT2D eigenvalue weighted by atomic mass is 16.5. The minimum absolute atomic E-state index is 0.559. The molecule has 0 saturated carbocycles. The molecule has 0 amide bonds. The molecule has 152 valence electrons. The van der Waals surface area contributed by atoms with Crippen LogP contribution in [0.5, 0.6) is 5.75 Å². The summed E-state index contributed by atoms with van der Waals surface area (Å²) in [5.41, 5.74) is 10.7. The number of likely N-dealkylation sites (N-methyl/N-ethyl adjacent to an activating group) is 1. The molecular formula is C23H33N3O2. The monoisotopic (exact) mass is 383 g/mol. The Morgan fingerprint density at radius 3 is 2.50 bits per heavy atom. The van der Waals surface area contributed by atoms with Crippen LogP contribution in [0.3, 0.4) is 0 Å². The second-order valence-corrected chi connectivity index (χ2v) is 7.21. The first-order valence-electron chi connectivity index (χ1n) is 10.5. The third-order valence-electron chi connectivity index (χ3n) is 5.47. The molecule has 28 heavy (non-hydrogen) atoms. The number of benzene rings is 1. The molecule has 0 radical (unpaired) electrons. The zero-order chi connectivity index (χ0) is 19.8. The SMILES string of the molecule is CCN(CC)CCOCCOc1ccc(-c2cccc(N)n2)c2c1CCCC2. The second kappa shape index (κ2) is 10.4. The van der Waals surface area contributed by atoms with Crippen molar-refractivity contribution >= 4 is 5.82 Å². The lowest BCUT2D eigenvalue weighted by molar-refractivity contribution is 0.0816. The van der Waals surface area contributed by atoms with Crippen LogP contribution in [0.1, 0.15) is 37.8 Å². The standard InChI is InChI=1S/C23H33N3O2/c1-3-26(4-2)14-15-27-16-17-28-22-13-12-19(18-8-5-6-9-20(18)22)21-10-7-11-23(24)25-21/h7,10-13H,3-6,8-9,14-17H2,1-2H3,(H2,24,25). The van der Waals surface area contributed by atoms with Gasteiger partial charge in [0.1, 0.15) is 18.2 Å². The maximum atomic E-state index is 6.10. The van der Waals surface area contributed by atoms with E-state index in [0.29, 0.717) is 19.0 Å². The smallest absolute Gasteiger partial charge is 0.124 e. The molecule has 1 aliphatic carbocycles. The summed E-state index contributed by atoms with van der Waals surface area (Å²) in [6.45, 7) is 9.42. The molecule has 1 aromatic carbocycles. The molecule has 0 atom stereocenters. The third-order valence-corrected chi connectivity index (χ3v) is 5.47. The largest absolute Gasteiger partial charge is 0.491 e. The Labute approximate surface area is 168 Å². The van der Waals surface area contributed by atoms with E-state index < -0.39 is 0 Å². The van der Waals surface area contributed by atoms with Crippen LogP contribution in [0.15, 0.2) is 30.3 Å². The Morgan fingerprint density at radius 2 is 1.75 bits per heavy atom. The van der Waals surface area contributed by atoms with E-state index in [0.717, 1.165) is 50.5 Å². The van der Waals surface area contributed by atoms with Gasteiger partial charge in [-0.05, 0) is 74.2 Å². The van der Waals surface area contributed by atoms with Crippen LogP contribution in [0.2, 0.25) is 0 Å². The van der Waals surface area contributed by atoms with Crippen LogP contribution in [-0.4, -0.2) is 49.3 Å². The third kappa shape index (κ3) is 5.24. The van der Waals surface area contributed by atoms with Crippen molar-refractivity contribution in [3.8, 4) is 17.0 Å². The summed E-state index contributed by atoms with van der Waals surface area (Å²) in [6, 6.07) is 10.0. The van der Waals surface area contributed by atoms with Gasteiger partial charge in [0, 0.05) is 12.1 Å². The Hall–Kier alpha value is -2.11. The van der Waals surface area contributed by atoms with Crippen molar-refractivity contribution in [1.82, 2.24) is 9.88 Å². The van der Waals surface area contributed by atoms with Crippen molar-refractivity contribution in [3.63, 3.8) is 0 Å². The van der Waals surface area contributed by atoms with Crippen molar-refractivity contribution in [2.75, 3.05) is 45.2 Å². The average molecular weight is 384 g/mol. The fourth-order valence-electron chi connectivity index (χ4n) is 3.86. The molecule has 0 bridgehead atoms. The topological polar surface area (TPSA) is 60.6 Å². The fraction of sp³-hybridized carbons (Fsp3) is 0.522. The van der Waals surface area contributed by atoms with Gasteiger partial charge in [-0.25, -0.2) is 4.98 Å². The molecule has 0 aliphatic heterocycles. The number of hydrogen-bond acceptors (Lipinski definition) is 5. The summed E-state index contributed by atoms with van der Waals surface area (Å²) < 4.78 is 11.8. The minimum Gasteiger partial charge on any atom is -0.491 e. The second-order valence-electron chi connectivity index (χ2n) is 7.21. The molecule has 0 unspecified atom stereocenters. The summed E-state index contributed by atoms with van der Waals surface area (Å²) in [5, 5.41) is 0. The summed E-state index contributed by atoms with van der Waals surface area (Å²) in [6.07, 6.45) is 4.54. The van der Waals surface area contributed by atoms with Gasteiger partial charge in [0.05, 0.1) is 18.9 Å². The van der Waals surface area contributed by atoms with E-state index in [1.807, 2.05) is 18.2 Å². The van der Waals surface area contributed by atoms with Gasteiger partial charge in [-0.3, -0.25) is 0 Å². The minimum atomic E-state index is 0.559. The van der Waals surface area contributed by atoms with E-state index in [2.05, 4.69) is 35.9 Å². The molecule has 0 fully saturated rings. The molecule has 0 spiro atoms. The van der Waals surface area contributed by atoms with Crippen LogP contribution >= 0.6 is 0 Å². The number of nitrogens with two attached hydrogens (primary N) is 1. The summed E-state index contributed by atoms with van der Waals surface area (Å²) in [4.78, 5) is 6.88. The number of hydrogen-bond donors (Lipinski definition) is 1. The number of nitrogens with zero attached hydrogens (tertiary/aromatic N) is 2. The van der Waals surface area contributed by atoms with Gasteiger partial charge < -0.3 is 20.1 Å². The van der Waals surface area contributed by atoms with Crippen molar-refractivity contribution < 1.29 is 9.47 Å². The zero-order valence-corrected chi connectivity index (χ0v) is 17.2. The highest BCUT2D eigenvalue weighted by Crippen LogP contribution is 2.36. The van der Waals surface area contributed by atoms with E-state index in [4.69, 9.17) is 15.2 Å². The molecule has 1 heterocycles. The fourth-order valence-corrected chi connectivity index (χ4v) is 3.86. The summed E-state index contributed by atoms with van der Waals surface area (Å²) in [7, 11) is 0. The van der Waals surface area contributed by atoms with Gasteiger partial charge in [0.15, 0.2) is 0 Å². The number of pyridine rings is 1. The summed E-state index contributed by atoms with van der Waals surface area (Å²) in [5.74, 6) is 1.55. The average Bonchev–Trinajstić information content (AvgIpc) is 2.73. The zero-order valence-electron chi connectivity index (χ0n) is 17.2. The van der Waals surface area contributed by atoms with E-state index in [9.17, 15) is 0 Å².